The van der Waals surface area contributed by atoms with Crippen LogP contribution in [0.15, 0.2) is 49.8 Å². The van der Waals surface area contributed by atoms with Gasteiger partial charge in [-0.3, -0.25) is 9.59 Å². The lowest BCUT2D eigenvalue weighted by Crippen LogP contribution is -2.11. The number of benzene rings is 1. The molecule has 0 saturated carbocycles. The molecule has 6 heteroatoms. The van der Waals surface area contributed by atoms with E-state index in [0.717, 1.165) is 6.26 Å². The number of cyclic esters (lactones) is 2. The van der Waals surface area contributed by atoms with Crippen molar-refractivity contribution in [1.82, 2.24) is 0 Å². The molecule has 22 heavy (non-hydrogen) atoms. The molecule has 1 atom stereocenters. The fourth-order valence-corrected chi connectivity index (χ4v) is 1.17. The summed E-state index contributed by atoms with van der Waals surface area (Å²) in [5, 5.41) is 8.47. The van der Waals surface area contributed by atoms with Crippen molar-refractivity contribution < 1.29 is 29.0 Å². The molecule has 0 radical (unpaired) electrons. The van der Waals surface area contributed by atoms with Gasteiger partial charge in [-0.05, 0) is 5.56 Å². The van der Waals surface area contributed by atoms with Crippen molar-refractivity contribution in [3.8, 4) is 0 Å². The number of rotatable bonds is 2. The molecule has 1 aromatic carbocycles. The molecule has 0 spiro atoms. The lowest BCUT2D eigenvalue weighted by Gasteiger charge is -1.86. The van der Waals surface area contributed by atoms with Crippen LogP contribution in [-0.2, 0) is 23.9 Å². The molecule has 0 bridgehead atoms. The summed E-state index contributed by atoms with van der Waals surface area (Å²) in [4.78, 5) is 29.9. The summed E-state index contributed by atoms with van der Waals surface area (Å²) >= 11 is 0. The van der Waals surface area contributed by atoms with Gasteiger partial charge in [-0.2, -0.15) is 0 Å². The first kappa shape index (κ1) is 19.3. The summed E-state index contributed by atoms with van der Waals surface area (Å²) in [5.74, 6) is -1.82. The van der Waals surface area contributed by atoms with Crippen molar-refractivity contribution in [1.29, 1.82) is 0 Å². The summed E-state index contributed by atoms with van der Waals surface area (Å²) in [7, 11) is 0. The summed E-state index contributed by atoms with van der Waals surface area (Å²) in [5.41, 5.74) is 1.17. The Bertz CT molecular complexity index is 521. The molecular formula is C16H18O6. The zero-order valence-electron chi connectivity index (χ0n) is 12.2. The Balaban J connectivity index is 0.000000306. The number of carbonyl (C=O) groups is 3. The number of aliphatic hydroxyl groups is 1. The smallest absolute Gasteiger partial charge is 0.343 e. The molecule has 1 aliphatic rings. The maximum absolute atomic E-state index is 10.1. The zero-order chi connectivity index (χ0) is 17.0. The summed E-state index contributed by atoms with van der Waals surface area (Å²) < 4.78 is 8.11. The second-order valence-electron chi connectivity index (χ2n) is 3.90. The predicted molar refractivity (Wildman–Crippen MR) is 80.2 cm³/mol. The quantitative estimate of drug-likeness (QED) is 0.509. The molecule has 1 aromatic rings. The average Bonchev–Trinajstić information content (AvgIpc) is 2.77. The van der Waals surface area contributed by atoms with Crippen molar-refractivity contribution in [3.05, 3.63) is 55.3 Å². The number of carbonyl (C=O) groups excluding carboxylic acids is 3. The first-order valence-electron chi connectivity index (χ1n) is 6.28. The standard InChI is InChI=1S/C8H8.C4H4O4.C4H6O2/c1-2-8-6-4-3-5-7-8;5-2-1-3(6)8-4(2)7;1-3-6-4(2)5/h2-7H,1H2;2,5H,1H2;3H,1H2,2H3. The van der Waals surface area contributed by atoms with Crippen LogP contribution in [0.1, 0.15) is 18.9 Å². The minimum absolute atomic E-state index is 0.196. The first-order chi connectivity index (χ1) is 10.4. The second-order valence-corrected chi connectivity index (χ2v) is 3.90. The molecule has 0 amide bonds. The summed E-state index contributed by atoms with van der Waals surface area (Å²) in [6.07, 6.45) is 1.52. The lowest BCUT2D eigenvalue weighted by molar-refractivity contribution is -0.154. The van der Waals surface area contributed by atoms with Gasteiger partial charge >= 0.3 is 17.9 Å². The minimum atomic E-state index is -1.22. The molecule has 1 aliphatic heterocycles. The average molecular weight is 306 g/mol. The first-order valence-corrected chi connectivity index (χ1v) is 6.28. The van der Waals surface area contributed by atoms with Gasteiger partial charge in [-0.25, -0.2) is 4.79 Å². The van der Waals surface area contributed by atoms with E-state index >= 15 is 0 Å². The number of esters is 3. The van der Waals surface area contributed by atoms with Gasteiger partial charge in [-0.1, -0.05) is 49.6 Å². The van der Waals surface area contributed by atoms with Crippen LogP contribution >= 0.6 is 0 Å². The van der Waals surface area contributed by atoms with Crippen LogP contribution in [-0.4, -0.2) is 29.1 Å². The Hall–Kier alpha value is -2.73. The highest BCUT2D eigenvalue weighted by Crippen LogP contribution is 2.05. The van der Waals surface area contributed by atoms with E-state index in [1.54, 1.807) is 0 Å². The van der Waals surface area contributed by atoms with Gasteiger partial charge < -0.3 is 14.6 Å². The van der Waals surface area contributed by atoms with Crippen LogP contribution in [0.25, 0.3) is 6.08 Å². The van der Waals surface area contributed by atoms with E-state index in [0.29, 0.717) is 0 Å². The van der Waals surface area contributed by atoms with Crippen molar-refractivity contribution in [2.75, 3.05) is 0 Å². The van der Waals surface area contributed by atoms with Gasteiger partial charge in [0.2, 0.25) is 0 Å². The topological polar surface area (TPSA) is 89.9 Å². The van der Waals surface area contributed by atoms with Crippen LogP contribution in [0.4, 0.5) is 0 Å². The van der Waals surface area contributed by atoms with E-state index in [1.807, 2.05) is 36.4 Å². The third-order valence-electron chi connectivity index (χ3n) is 2.13. The lowest BCUT2D eigenvalue weighted by atomic mass is 10.2. The fraction of sp³-hybridized carbons (Fsp3) is 0.188. The van der Waals surface area contributed by atoms with Gasteiger partial charge in [-0.15, -0.1) is 0 Å². The van der Waals surface area contributed by atoms with Crippen LogP contribution in [0.5, 0.6) is 0 Å². The third-order valence-corrected chi connectivity index (χ3v) is 2.13. The molecule has 1 heterocycles. The molecular weight excluding hydrogens is 288 g/mol. The van der Waals surface area contributed by atoms with E-state index in [-0.39, 0.29) is 12.4 Å². The third kappa shape index (κ3) is 9.22. The molecule has 1 fully saturated rings. The Kier molecular flexibility index (Phi) is 9.62. The van der Waals surface area contributed by atoms with E-state index in [4.69, 9.17) is 5.11 Å². The van der Waals surface area contributed by atoms with Crippen LogP contribution < -0.4 is 0 Å². The zero-order valence-corrected chi connectivity index (χ0v) is 12.2. The van der Waals surface area contributed by atoms with Crippen LogP contribution in [0, 0.1) is 0 Å². The SMILES string of the molecule is C=COC(C)=O.C=Cc1ccccc1.O=C1CC(O)C(=O)O1. The number of aliphatic hydroxyl groups excluding tert-OH is 1. The van der Waals surface area contributed by atoms with Gasteiger partial charge in [0.1, 0.15) is 0 Å². The fourth-order valence-electron chi connectivity index (χ4n) is 1.17. The molecule has 0 aromatic heterocycles. The minimum Gasteiger partial charge on any atom is -0.435 e. The van der Waals surface area contributed by atoms with E-state index < -0.39 is 18.0 Å². The van der Waals surface area contributed by atoms with E-state index in [2.05, 4.69) is 22.6 Å². The maximum atomic E-state index is 10.1. The molecule has 6 nitrogen and oxygen atoms in total. The van der Waals surface area contributed by atoms with Crippen molar-refractivity contribution in [2.24, 2.45) is 0 Å². The summed E-state index contributed by atoms with van der Waals surface area (Å²) in [6.45, 7) is 8.11. The highest BCUT2D eigenvalue weighted by Gasteiger charge is 2.30. The maximum Gasteiger partial charge on any atom is 0.343 e. The predicted octanol–water partition coefficient (Wildman–Crippen LogP) is 1.84. The highest BCUT2D eigenvalue weighted by molar-refractivity contribution is 5.95. The van der Waals surface area contributed by atoms with E-state index in [9.17, 15) is 14.4 Å². The van der Waals surface area contributed by atoms with Gasteiger partial charge in [0.25, 0.3) is 0 Å². The van der Waals surface area contributed by atoms with Crippen LogP contribution in [0.3, 0.4) is 0 Å². The molecule has 118 valence electrons. The van der Waals surface area contributed by atoms with Gasteiger partial charge in [0.15, 0.2) is 6.10 Å². The van der Waals surface area contributed by atoms with Gasteiger partial charge in [0, 0.05) is 6.92 Å². The van der Waals surface area contributed by atoms with Crippen LogP contribution in [0.2, 0.25) is 0 Å². The number of ether oxygens (including phenoxy) is 2. The monoisotopic (exact) mass is 306 g/mol. The molecule has 2 rings (SSSR count). The Morgan fingerprint density at radius 1 is 1.32 bits per heavy atom. The Morgan fingerprint density at radius 2 is 1.91 bits per heavy atom. The second kappa shape index (κ2) is 11.0. The molecule has 1 N–H and O–H groups in total. The Morgan fingerprint density at radius 3 is 2.09 bits per heavy atom. The van der Waals surface area contributed by atoms with Crippen molar-refractivity contribution >= 4 is 24.0 Å². The normalized spacial score (nSPS) is 15.3. The van der Waals surface area contributed by atoms with E-state index in [1.165, 1.54) is 12.5 Å². The molecule has 0 aliphatic carbocycles. The van der Waals surface area contributed by atoms with Crippen molar-refractivity contribution in [2.45, 2.75) is 19.4 Å². The molecule has 1 unspecified atom stereocenters. The number of hydrogen-bond donors (Lipinski definition) is 1. The Labute approximate surface area is 128 Å². The highest BCUT2D eigenvalue weighted by atomic mass is 16.6. The van der Waals surface area contributed by atoms with Gasteiger partial charge in [0.05, 0.1) is 12.7 Å². The number of hydrogen-bond acceptors (Lipinski definition) is 6. The van der Waals surface area contributed by atoms with Crippen molar-refractivity contribution in [3.63, 3.8) is 0 Å². The largest absolute Gasteiger partial charge is 0.435 e. The molecule has 1 saturated heterocycles. The summed E-state index contributed by atoms with van der Waals surface area (Å²) in [6, 6.07) is 10.0.